The topological polar surface area (TPSA) is 55.5 Å². The highest BCUT2D eigenvalue weighted by Crippen LogP contribution is 2.20. The molecule has 0 spiro atoms. The number of halogens is 1. The fourth-order valence-electron chi connectivity index (χ4n) is 1.07. The summed E-state index contributed by atoms with van der Waals surface area (Å²) in [6, 6.07) is 2.69. The van der Waals surface area contributed by atoms with Gasteiger partial charge in [-0.3, -0.25) is 0 Å². The van der Waals surface area contributed by atoms with Crippen molar-refractivity contribution in [1.82, 2.24) is 0 Å². The summed E-state index contributed by atoms with van der Waals surface area (Å²) in [5.41, 5.74) is 0.934. The van der Waals surface area contributed by atoms with Crippen LogP contribution in [0.4, 0.5) is 4.39 Å². The van der Waals surface area contributed by atoms with Gasteiger partial charge in [0.2, 0.25) is 0 Å². The summed E-state index contributed by atoms with van der Waals surface area (Å²) in [6.45, 7) is 1.88. The van der Waals surface area contributed by atoms with Crippen molar-refractivity contribution in [2.24, 2.45) is 5.90 Å². The summed E-state index contributed by atoms with van der Waals surface area (Å²) < 4.78 is 13.1. The number of benzene rings is 1. The van der Waals surface area contributed by atoms with E-state index < -0.39 is 0 Å². The maximum absolute atomic E-state index is 13.1. The number of phenolic OH excluding ortho intramolecular Hbond substituents is 1. The van der Waals surface area contributed by atoms with E-state index in [4.69, 9.17) is 5.90 Å². The highest BCUT2D eigenvalue weighted by atomic mass is 19.1. The number of aromatic hydroxyl groups is 1. The summed E-state index contributed by atoms with van der Waals surface area (Å²) >= 11 is 0. The van der Waals surface area contributed by atoms with Crippen molar-refractivity contribution >= 4 is 0 Å². The van der Waals surface area contributed by atoms with E-state index in [2.05, 4.69) is 4.84 Å². The molecule has 72 valence electrons. The SMILES string of the molecule is Cc1cc(F)c(CCON)cc1O. The average molecular weight is 185 g/mol. The van der Waals surface area contributed by atoms with Crippen molar-refractivity contribution in [3.05, 3.63) is 29.1 Å². The molecular formula is C9H12FNO2. The zero-order valence-electron chi connectivity index (χ0n) is 7.38. The van der Waals surface area contributed by atoms with Crippen molar-refractivity contribution < 1.29 is 14.3 Å². The van der Waals surface area contributed by atoms with Crippen LogP contribution in [-0.4, -0.2) is 11.7 Å². The number of hydrogen-bond acceptors (Lipinski definition) is 3. The number of aryl methyl sites for hydroxylation is 1. The Bertz CT molecular complexity index is 302. The van der Waals surface area contributed by atoms with E-state index >= 15 is 0 Å². The summed E-state index contributed by atoms with van der Waals surface area (Å²) in [5, 5.41) is 9.29. The number of nitrogens with two attached hydrogens (primary N) is 1. The van der Waals surface area contributed by atoms with E-state index in [9.17, 15) is 9.50 Å². The Labute approximate surface area is 75.9 Å². The van der Waals surface area contributed by atoms with Crippen LogP contribution in [0.2, 0.25) is 0 Å². The molecule has 1 aromatic carbocycles. The lowest BCUT2D eigenvalue weighted by Gasteiger charge is -2.05. The highest BCUT2D eigenvalue weighted by Gasteiger charge is 2.05. The van der Waals surface area contributed by atoms with Crippen molar-refractivity contribution in [3.8, 4) is 5.75 Å². The van der Waals surface area contributed by atoms with E-state index in [1.807, 2.05) is 0 Å². The standard InChI is InChI=1S/C9H12FNO2/c1-6-4-8(10)7(2-3-13-11)5-9(6)12/h4-5,12H,2-3,11H2,1H3. The maximum Gasteiger partial charge on any atom is 0.127 e. The molecule has 3 N–H and O–H groups in total. The third-order valence-electron chi connectivity index (χ3n) is 1.85. The fraction of sp³-hybridized carbons (Fsp3) is 0.333. The third kappa shape index (κ3) is 2.40. The monoisotopic (exact) mass is 185 g/mol. The molecule has 0 aromatic heterocycles. The maximum atomic E-state index is 13.1. The van der Waals surface area contributed by atoms with E-state index in [0.717, 1.165) is 0 Å². The first-order valence-corrected chi connectivity index (χ1v) is 3.95. The molecule has 0 unspecified atom stereocenters. The minimum Gasteiger partial charge on any atom is -0.508 e. The molecule has 0 aliphatic rings. The van der Waals surface area contributed by atoms with Crippen LogP contribution in [0.25, 0.3) is 0 Å². The Balaban J connectivity index is 2.88. The lowest BCUT2D eigenvalue weighted by molar-refractivity contribution is 0.140. The van der Waals surface area contributed by atoms with Crippen LogP contribution in [0.3, 0.4) is 0 Å². The van der Waals surface area contributed by atoms with Crippen LogP contribution in [0, 0.1) is 12.7 Å². The lowest BCUT2D eigenvalue weighted by Crippen LogP contribution is -2.05. The van der Waals surface area contributed by atoms with E-state index in [1.54, 1.807) is 6.92 Å². The van der Waals surface area contributed by atoms with Gasteiger partial charge in [-0.1, -0.05) is 0 Å². The van der Waals surface area contributed by atoms with Crippen molar-refractivity contribution in [2.45, 2.75) is 13.3 Å². The largest absolute Gasteiger partial charge is 0.508 e. The Morgan fingerprint density at radius 1 is 1.54 bits per heavy atom. The molecule has 0 heterocycles. The van der Waals surface area contributed by atoms with Gasteiger partial charge >= 0.3 is 0 Å². The Morgan fingerprint density at radius 2 is 2.23 bits per heavy atom. The van der Waals surface area contributed by atoms with Crippen LogP contribution < -0.4 is 5.90 Å². The molecular weight excluding hydrogens is 173 g/mol. The summed E-state index contributed by atoms with van der Waals surface area (Å²) in [6.07, 6.45) is 0.357. The molecule has 0 radical (unpaired) electrons. The second-order valence-electron chi connectivity index (χ2n) is 2.85. The number of phenols is 1. The van der Waals surface area contributed by atoms with Gasteiger partial charge in [-0.15, -0.1) is 0 Å². The lowest BCUT2D eigenvalue weighted by atomic mass is 10.1. The molecule has 0 atom stereocenters. The van der Waals surface area contributed by atoms with Crippen LogP contribution >= 0.6 is 0 Å². The van der Waals surface area contributed by atoms with Crippen LogP contribution in [0.1, 0.15) is 11.1 Å². The van der Waals surface area contributed by atoms with Gasteiger partial charge < -0.3 is 9.94 Å². The van der Waals surface area contributed by atoms with Gasteiger partial charge in [0.1, 0.15) is 11.6 Å². The van der Waals surface area contributed by atoms with Crippen LogP contribution in [-0.2, 0) is 11.3 Å². The first-order chi connectivity index (χ1) is 6.15. The van der Waals surface area contributed by atoms with Gasteiger partial charge in [0.05, 0.1) is 6.61 Å². The second kappa shape index (κ2) is 4.20. The third-order valence-corrected chi connectivity index (χ3v) is 1.85. The Hall–Kier alpha value is -1.13. The van der Waals surface area contributed by atoms with Gasteiger partial charge in [-0.2, -0.15) is 0 Å². The van der Waals surface area contributed by atoms with E-state index in [1.165, 1.54) is 12.1 Å². The minimum atomic E-state index is -0.340. The molecule has 13 heavy (non-hydrogen) atoms. The summed E-state index contributed by atoms with van der Waals surface area (Å²) in [7, 11) is 0. The Morgan fingerprint density at radius 3 is 2.85 bits per heavy atom. The van der Waals surface area contributed by atoms with Gasteiger partial charge in [-0.25, -0.2) is 10.3 Å². The van der Waals surface area contributed by atoms with Crippen LogP contribution in [0.5, 0.6) is 5.75 Å². The van der Waals surface area contributed by atoms with E-state index in [-0.39, 0.29) is 18.2 Å². The predicted octanol–water partition coefficient (Wildman–Crippen LogP) is 1.27. The molecule has 1 rings (SSSR count). The normalized spacial score (nSPS) is 10.4. The smallest absolute Gasteiger partial charge is 0.127 e. The number of rotatable bonds is 3. The van der Waals surface area contributed by atoms with Crippen LogP contribution in [0.15, 0.2) is 12.1 Å². The quantitative estimate of drug-likeness (QED) is 0.697. The zero-order chi connectivity index (χ0) is 9.84. The Kier molecular flexibility index (Phi) is 3.22. The molecule has 0 bridgehead atoms. The molecule has 0 saturated carbocycles. The summed E-state index contributed by atoms with van der Waals surface area (Å²) in [4.78, 5) is 4.32. The van der Waals surface area contributed by atoms with E-state index in [0.29, 0.717) is 17.5 Å². The molecule has 4 heteroatoms. The second-order valence-corrected chi connectivity index (χ2v) is 2.85. The van der Waals surface area contributed by atoms with Gasteiger partial charge in [0, 0.05) is 6.42 Å². The van der Waals surface area contributed by atoms with Crippen molar-refractivity contribution in [1.29, 1.82) is 0 Å². The first-order valence-electron chi connectivity index (χ1n) is 3.95. The molecule has 3 nitrogen and oxygen atoms in total. The van der Waals surface area contributed by atoms with Gasteiger partial charge in [0.15, 0.2) is 0 Å². The molecule has 0 aliphatic carbocycles. The molecule has 1 aromatic rings. The molecule has 0 saturated heterocycles. The first kappa shape index (κ1) is 9.95. The minimum absolute atomic E-state index is 0.0911. The molecule has 0 aliphatic heterocycles. The van der Waals surface area contributed by atoms with Crippen molar-refractivity contribution in [3.63, 3.8) is 0 Å². The van der Waals surface area contributed by atoms with Gasteiger partial charge in [-0.05, 0) is 30.2 Å². The number of hydrogen-bond donors (Lipinski definition) is 2. The highest BCUT2D eigenvalue weighted by molar-refractivity contribution is 5.36. The zero-order valence-corrected chi connectivity index (χ0v) is 7.38. The predicted molar refractivity (Wildman–Crippen MR) is 46.6 cm³/mol. The fourth-order valence-corrected chi connectivity index (χ4v) is 1.07. The molecule has 0 amide bonds. The summed E-state index contributed by atoms with van der Waals surface area (Å²) in [5.74, 6) is 4.56. The van der Waals surface area contributed by atoms with Gasteiger partial charge in [0.25, 0.3) is 0 Å². The average Bonchev–Trinajstić information content (AvgIpc) is 2.09. The van der Waals surface area contributed by atoms with Crippen molar-refractivity contribution in [2.75, 3.05) is 6.61 Å². The molecule has 0 fully saturated rings.